The average Bonchev–Trinajstić information content (AvgIpc) is 0.761. The van der Waals surface area contributed by atoms with Crippen LogP contribution in [0.25, 0.3) is 0 Å². The van der Waals surface area contributed by atoms with E-state index in [0.29, 0.717) is 0 Å². The summed E-state index contributed by atoms with van der Waals surface area (Å²) in [5.74, 6) is -4.80. The number of amides is 5. The Morgan fingerprint density at radius 1 is 0.190 bits per heavy atom. The predicted octanol–water partition coefficient (Wildman–Crippen LogP) is -24.3. The summed E-state index contributed by atoms with van der Waals surface area (Å²) in [6, 6.07) is -9.68. The number of rotatable bonds is 36. The maximum Gasteiger partial charge on any atom is 0.217 e. The lowest BCUT2D eigenvalue weighted by Gasteiger charge is -2.51. The second-order valence-electron chi connectivity index (χ2n) is 34.6. The zero-order valence-corrected chi connectivity index (χ0v) is 73.6. The summed E-state index contributed by atoms with van der Waals surface area (Å²) in [5.41, 5.74) is 0. The maximum atomic E-state index is 13.2. The van der Waals surface area contributed by atoms with E-state index in [1.54, 1.807) is 0 Å². The summed E-state index contributed by atoms with van der Waals surface area (Å²) in [7, 11) is 0. The van der Waals surface area contributed by atoms with Crippen molar-refractivity contribution in [2.75, 3.05) is 72.7 Å². The lowest BCUT2D eigenvalue weighted by Crippen LogP contribution is -2.71. The fourth-order valence-corrected chi connectivity index (χ4v) is 17.7. The van der Waals surface area contributed by atoms with Crippen molar-refractivity contribution < 1.29 is 277 Å². The molecule has 61 heteroatoms. The lowest BCUT2D eigenvalue weighted by molar-refractivity contribution is -0.399. The summed E-state index contributed by atoms with van der Waals surface area (Å²) in [5, 5.41) is 349. The zero-order valence-electron chi connectivity index (χ0n) is 73.6. The van der Waals surface area contributed by atoms with Crippen molar-refractivity contribution >= 4 is 29.5 Å². The molecule has 0 unspecified atom stereocenters. The molecular formula is C76H127N5O56. The van der Waals surface area contributed by atoms with Gasteiger partial charge in [-0.2, -0.15) is 0 Å². The Morgan fingerprint density at radius 3 is 0.730 bits per heavy atom. The molecule has 35 N–H and O–H groups in total. The molecule has 11 aliphatic rings. The van der Waals surface area contributed by atoms with Crippen LogP contribution in [-0.2, 0) is 123 Å². The van der Waals surface area contributed by atoms with Crippen LogP contribution in [0.3, 0.4) is 0 Å². The molecular weight excluding hydrogens is 1880 g/mol. The van der Waals surface area contributed by atoms with E-state index < -0.39 is 440 Å². The molecule has 0 spiro atoms. The lowest BCUT2D eigenvalue weighted by atomic mass is 9.93. The Labute approximate surface area is 775 Å². The first-order chi connectivity index (χ1) is 64.8. The van der Waals surface area contributed by atoms with Gasteiger partial charge in [-0.1, -0.05) is 0 Å². The largest absolute Gasteiger partial charge is 0.394 e. The van der Waals surface area contributed by atoms with Gasteiger partial charge < -0.3 is 279 Å². The molecule has 0 saturated carbocycles. The summed E-state index contributed by atoms with van der Waals surface area (Å²) in [4.78, 5) is 64.8. The number of aliphatic hydroxyl groups excluding tert-OH is 30. The normalized spacial score (nSPS) is 48.9. The number of nitrogens with one attached hydrogen (secondary N) is 5. The third-order valence-electron chi connectivity index (χ3n) is 25.0. The molecule has 0 aromatic rings. The molecule has 0 aromatic heterocycles. The molecule has 137 heavy (non-hydrogen) atoms. The summed E-state index contributed by atoms with van der Waals surface area (Å²) in [6.07, 6.45) is -108. The number of hydrogen-bond acceptors (Lipinski definition) is 56. The number of hydrogen-bond donors (Lipinski definition) is 35. The fourth-order valence-electron chi connectivity index (χ4n) is 17.7. The highest BCUT2D eigenvalue weighted by molar-refractivity contribution is 5.75. The molecule has 11 saturated heterocycles. The van der Waals surface area contributed by atoms with E-state index in [1.165, 1.54) is 0 Å². The Kier molecular flexibility index (Phi) is 40.7. The number of aliphatic hydroxyl groups is 30. The smallest absolute Gasteiger partial charge is 0.217 e. The molecule has 0 bridgehead atoms. The van der Waals surface area contributed by atoms with E-state index in [4.69, 9.17) is 99.5 Å². The van der Waals surface area contributed by atoms with Crippen LogP contribution in [0.15, 0.2) is 0 Å². The van der Waals surface area contributed by atoms with Crippen LogP contribution in [0.5, 0.6) is 0 Å². The van der Waals surface area contributed by atoms with Crippen LogP contribution in [0, 0.1) is 0 Å². The second kappa shape index (κ2) is 49.5. The number of ether oxygens (including phenoxy) is 21. The van der Waals surface area contributed by atoms with Crippen LogP contribution in [0.2, 0.25) is 0 Å². The molecule has 11 aliphatic heterocycles. The van der Waals surface area contributed by atoms with E-state index in [2.05, 4.69) is 26.6 Å². The average molecular weight is 2010 g/mol. The van der Waals surface area contributed by atoms with Gasteiger partial charge in [0.25, 0.3) is 0 Å². The van der Waals surface area contributed by atoms with Crippen molar-refractivity contribution in [3.05, 3.63) is 0 Å². The number of carbonyl (C=O) groups excluding carboxylic acids is 5. The Morgan fingerprint density at radius 2 is 0.401 bits per heavy atom. The monoisotopic (exact) mass is 2010 g/mol. The van der Waals surface area contributed by atoms with Crippen LogP contribution < -0.4 is 26.6 Å². The highest BCUT2D eigenvalue weighted by Gasteiger charge is 2.63. The number of carbonyl (C=O) groups is 5. The quantitative estimate of drug-likeness (QED) is 0.0277. The van der Waals surface area contributed by atoms with E-state index in [0.717, 1.165) is 34.6 Å². The standard InChI is InChI=1S/C76H127N5O56/c1-17(91)77-33-44(102)58(26(10-86)119-66(33)116)130-68-35(79-19(3)93)46(104)62(30(14-90)125-68)134-74-57(115)63(135-76-65(52(110)41(99)25(9-85)123-76)137-70-37(81-21(5)95)48(106)61(29(13-89)127-70)133-73-56(114)51(109)40(98)24(8-84)122-73)43(101)32(128-74)16-118-75-64(136-69-36(80-20(4)94)47(105)60(28(12-88)126-69)132-72-55(113)50(108)39(97)23(7-83)121-72)53(111)42(100)31(129-75)15-117-67-34(78-18(2)92)45(103)59(27(11-87)124-67)131-71-54(112)49(107)38(96)22(6-82)120-71/h22-76,82-90,96-116H,6-16H2,1-5H3,(H,77,91)(H,78,92)(H,79,93)(H,80,94)(H,81,95)/t22-,23-,24-,25-,26-,27-,28-,29-,30-,31-,32-,33-,34-,35-,36-,37-,38+,39+,40+,41-,42-,43-,44-,45+,46-,47-,48-,49+,50+,51+,52+,53+,54-,55-,56-,57+,58-,59-,60-,61-,62-,63+,64+,65+,66-,67+,68+,69+,70+,71+,72+,73+,74+,75+,76-/m1/s1. The Bertz CT molecular complexity index is 3780. The molecule has 61 nitrogen and oxygen atoms in total. The van der Waals surface area contributed by atoms with Gasteiger partial charge in [0.05, 0.1) is 72.7 Å². The molecule has 11 fully saturated rings. The SMILES string of the molecule is CC(=O)N[C@@H]1[C@@H](O)[C@H](O[C@@H]2O[C@H](CO)[C@@H](O[C@@H]3O[C@H](CO[C@H]4O[C@H](CO[C@H]5O[C@H](CO)[C@@H](O[C@@H]6O[C@H](CO)[C@H](O)[C@H](O)[C@H]6O)[C@@H](O)[C@H]5NC(C)=O)[C@@H](O)[C@H](O)[C@@H]4O[C@@H]4O[C@H](CO)[C@@H](O[C@@H]5O[C@H](CO)[C@H](O)[C@H](O)[C@H]5O)[C@H](O)[C@H]4NC(C)=O)[C@@H](O)[C@H](O[C@H]4O[C@H](CO)[C@@H](O)[C@H](O)[C@@H]4O[C@@H]4O[C@H](CO)[C@@H](O[C@@H]5O[C@H](CO)[C@H](O)[C@H](O)[C@H]5O)[C@H](O)[C@H]4NC(C)=O)[C@@H]3O)[C@H](O)[C@H]2NC(C)=O)[C@@H](CO)O[C@H]1O. The predicted molar refractivity (Wildman–Crippen MR) is 420 cm³/mol. The Balaban J connectivity index is 0.964. The van der Waals surface area contributed by atoms with E-state index in [9.17, 15) is 177 Å². The molecule has 792 valence electrons. The minimum atomic E-state index is -2.70. The molecule has 55 atom stereocenters. The van der Waals surface area contributed by atoms with E-state index >= 15 is 0 Å². The first-order valence-electron chi connectivity index (χ1n) is 43.6. The summed E-state index contributed by atoms with van der Waals surface area (Å²) in [6.45, 7) is -8.00. The molecule has 5 amide bonds. The molecule has 0 aromatic carbocycles. The molecule has 0 radical (unpaired) electrons. The van der Waals surface area contributed by atoms with Gasteiger partial charge in [0.2, 0.25) is 29.5 Å². The fraction of sp³-hybridized carbons (Fsp3) is 0.934. The second-order valence-corrected chi connectivity index (χ2v) is 34.6. The first kappa shape index (κ1) is 113. The first-order valence-corrected chi connectivity index (χ1v) is 43.6. The maximum absolute atomic E-state index is 13.2. The van der Waals surface area contributed by atoms with Crippen molar-refractivity contribution in [3.63, 3.8) is 0 Å². The summed E-state index contributed by atoms with van der Waals surface area (Å²) >= 11 is 0. The van der Waals surface area contributed by atoms with Gasteiger partial charge in [0.15, 0.2) is 69.2 Å². The van der Waals surface area contributed by atoms with E-state index in [1.807, 2.05) is 0 Å². The van der Waals surface area contributed by atoms with Gasteiger partial charge in [-0.25, -0.2) is 0 Å². The van der Waals surface area contributed by atoms with Gasteiger partial charge in [-0.15, -0.1) is 0 Å². The third kappa shape index (κ3) is 25.2. The van der Waals surface area contributed by atoms with Crippen LogP contribution in [0.4, 0.5) is 0 Å². The highest BCUT2D eigenvalue weighted by Crippen LogP contribution is 2.42. The van der Waals surface area contributed by atoms with Crippen LogP contribution >= 0.6 is 0 Å². The minimum Gasteiger partial charge on any atom is -0.394 e. The topological polar surface area (TPSA) is 946 Å². The minimum absolute atomic E-state index is 0.827. The zero-order chi connectivity index (χ0) is 101. The Hall–Kier alpha value is -4.69. The molecule has 0 aliphatic carbocycles. The third-order valence-corrected chi connectivity index (χ3v) is 25.0. The van der Waals surface area contributed by atoms with E-state index in [-0.39, 0.29) is 0 Å². The van der Waals surface area contributed by atoms with Crippen molar-refractivity contribution in [2.45, 2.75) is 372 Å². The van der Waals surface area contributed by atoms with Gasteiger partial charge in [0, 0.05) is 34.6 Å². The van der Waals surface area contributed by atoms with Crippen LogP contribution in [0.1, 0.15) is 34.6 Å². The van der Waals surface area contributed by atoms with Crippen molar-refractivity contribution in [1.82, 2.24) is 26.6 Å². The molecule has 11 rings (SSSR count). The van der Waals surface area contributed by atoms with Gasteiger partial charge in [-0.3, -0.25) is 24.0 Å². The van der Waals surface area contributed by atoms with Gasteiger partial charge in [-0.05, 0) is 0 Å². The summed E-state index contributed by atoms with van der Waals surface area (Å²) < 4.78 is 126. The van der Waals surface area contributed by atoms with Gasteiger partial charge in [0.1, 0.15) is 268 Å². The van der Waals surface area contributed by atoms with Crippen molar-refractivity contribution in [3.8, 4) is 0 Å². The molecule has 11 heterocycles. The van der Waals surface area contributed by atoms with Crippen LogP contribution in [-0.4, -0.2) is 593 Å². The van der Waals surface area contributed by atoms with Crippen molar-refractivity contribution in [2.24, 2.45) is 0 Å². The van der Waals surface area contributed by atoms with Crippen molar-refractivity contribution in [1.29, 1.82) is 0 Å². The van der Waals surface area contributed by atoms with Gasteiger partial charge >= 0.3 is 0 Å². The highest BCUT2D eigenvalue weighted by atomic mass is 16.8.